The van der Waals surface area contributed by atoms with E-state index in [1.54, 1.807) is 11.8 Å². The number of nitrogens with zero attached hydrogens (tertiary/aromatic N) is 1. The number of carbonyl (C=O) groups is 3. The van der Waals surface area contributed by atoms with Gasteiger partial charge in [-0.3, -0.25) is 9.59 Å². The van der Waals surface area contributed by atoms with E-state index in [0.29, 0.717) is 32.4 Å². The molecule has 2 N–H and O–H groups in total. The van der Waals surface area contributed by atoms with Crippen molar-refractivity contribution in [1.29, 1.82) is 0 Å². The number of hydrogen-bond donors (Lipinski definition) is 2. The minimum absolute atomic E-state index is 0.0154. The van der Waals surface area contributed by atoms with Crippen molar-refractivity contribution in [3.8, 4) is 11.1 Å². The molecular weight excluding hydrogens is 444 g/mol. The fourth-order valence-electron chi connectivity index (χ4n) is 5.84. The van der Waals surface area contributed by atoms with Crippen LogP contribution >= 0.6 is 0 Å². The van der Waals surface area contributed by atoms with Gasteiger partial charge in [0.25, 0.3) is 0 Å². The lowest BCUT2D eigenvalue weighted by atomic mass is 9.80. The van der Waals surface area contributed by atoms with E-state index in [-0.39, 0.29) is 30.4 Å². The molecule has 7 nitrogen and oxygen atoms in total. The third-order valence-corrected chi connectivity index (χ3v) is 8.14. The summed E-state index contributed by atoms with van der Waals surface area (Å²) in [6.07, 6.45) is 2.56. The summed E-state index contributed by atoms with van der Waals surface area (Å²) < 4.78 is 5.66. The molecule has 2 aromatic carbocycles. The molecule has 35 heavy (non-hydrogen) atoms. The first-order valence-corrected chi connectivity index (χ1v) is 12.5. The van der Waals surface area contributed by atoms with Crippen LogP contribution in [0.1, 0.15) is 56.1 Å². The van der Waals surface area contributed by atoms with Gasteiger partial charge in [0.2, 0.25) is 5.91 Å². The monoisotopic (exact) mass is 476 g/mol. The zero-order valence-corrected chi connectivity index (χ0v) is 20.0. The highest BCUT2D eigenvalue weighted by Gasteiger charge is 2.40. The zero-order valence-electron chi connectivity index (χ0n) is 20.0. The van der Waals surface area contributed by atoms with Gasteiger partial charge >= 0.3 is 12.1 Å². The minimum Gasteiger partial charge on any atom is -0.481 e. The molecule has 184 valence electrons. The molecule has 2 aliphatic carbocycles. The number of carbonyl (C=O) groups excluding carboxylic acids is 2. The number of fused-ring (bicyclic) bond motifs is 3. The number of nitrogens with one attached hydrogen (secondary N) is 1. The molecule has 1 heterocycles. The summed E-state index contributed by atoms with van der Waals surface area (Å²) >= 11 is 0. The largest absolute Gasteiger partial charge is 0.481 e. The van der Waals surface area contributed by atoms with Crippen LogP contribution in [0.5, 0.6) is 0 Å². The van der Waals surface area contributed by atoms with E-state index < -0.39 is 17.5 Å². The van der Waals surface area contributed by atoms with Gasteiger partial charge in [0.1, 0.15) is 6.61 Å². The fraction of sp³-hybridized carbons (Fsp3) is 0.464. The molecule has 2 aromatic rings. The maximum Gasteiger partial charge on any atom is 0.407 e. The van der Waals surface area contributed by atoms with Gasteiger partial charge in [-0.15, -0.1) is 0 Å². The Balaban J connectivity index is 1.12. The molecule has 0 spiro atoms. The maximum absolute atomic E-state index is 13.0. The maximum atomic E-state index is 13.0. The number of amides is 2. The Morgan fingerprint density at radius 1 is 1.00 bits per heavy atom. The van der Waals surface area contributed by atoms with Crippen LogP contribution in [0, 0.1) is 11.3 Å². The Kier molecular flexibility index (Phi) is 6.26. The van der Waals surface area contributed by atoms with Crippen molar-refractivity contribution >= 4 is 18.0 Å². The number of alkyl carbamates (subject to hydrolysis) is 1. The molecule has 2 fully saturated rings. The highest BCUT2D eigenvalue weighted by Crippen LogP contribution is 2.44. The predicted octanol–water partition coefficient (Wildman–Crippen LogP) is 4.41. The van der Waals surface area contributed by atoms with Crippen LogP contribution in [0.25, 0.3) is 11.1 Å². The van der Waals surface area contributed by atoms with Crippen LogP contribution < -0.4 is 5.32 Å². The van der Waals surface area contributed by atoms with Gasteiger partial charge in [-0.25, -0.2) is 4.79 Å². The summed E-state index contributed by atoms with van der Waals surface area (Å²) in [6.45, 7) is 2.97. The van der Waals surface area contributed by atoms with Crippen molar-refractivity contribution < 1.29 is 24.2 Å². The molecule has 2 atom stereocenters. The topological polar surface area (TPSA) is 95.9 Å². The van der Waals surface area contributed by atoms with Crippen LogP contribution in [-0.2, 0) is 14.3 Å². The quantitative estimate of drug-likeness (QED) is 0.667. The van der Waals surface area contributed by atoms with Gasteiger partial charge in [0.15, 0.2) is 0 Å². The first-order valence-electron chi connectivity index (χ1n) is 12.5. The average Bonchev–Trinajstić information content (AvgIpc) is 3.45. The van der Waals surface area contributed by atoms with E-state index in [0.717, 1.165) is 12.8 Å². The van der Waals surface area contributed by atoms with Gasteiger partial charge in [0, 0.05) is 31.0 Å². The van der Waals surface area contributed by atoms with Crippen molar-refractivity contribution in [3.63, 3.8) is 0 Å². The predicted molar refractivity (Wildman–Crippen MR) is 131 cm³/mol. The molecule has 1 aliphatic heterocycles. The minimum atomic E-state index is -0.794. The summed E-state index contributed by atoms with van der Waals surface area (Å²) in [6, 6.07) is 16.4. The fourth-order valence-corrected chi connectivity index (χ4v) is 5.84. The van der Waals surface area contributed by atoms with Crippen LogP contribution in [-0.4, -0.2) is 53.7 Å². The number of ether oxygens (including phenoxy) is 1. The summed E-state index contributed by atoms with van der Waals surface area (Å²) in [7, 11) is 0. The van der Waals surface area contributed by atoms with E-state index in [1.165, 1.54) is 22.3 Å². The first-order chi connectivity index (χ1) is 16.9. The Labute approximate surface area is 205 Å². The van der Waals surface area contributed by atoms with Crippen molar-refractivity contribution in [2.75, 3.05) is 19.7 Å². The molecule has 2 amide bonds. The Morgan fingerprint density at radius 2 is 1.60 bits per heavy atom. The zero-order chi connectivity index (χ0) is 24.6. The Morgan fingerprint density at radius 3 is 2.20 bits per heavy atom. The Hall–Kier alpha value is -3.35. The Bertz CT molecular complexity index is 1090. The number of rotatable bonds is 5. The van der Waals surface area contributed by atoms with E-state index in [4.69, 9.17) is 4.74 Å². The molecule has 0 aromatic heterocycles. The highest BCUT2D eigenvalue weighted by molar-refractivity contribution is 5.81. The van der Waals surface area contributed by atoms with Crippen LogP contribution in [0.2, 0.25) is 0 Å². The first kappa shape index (κ1) is 23.4. The third kappa shape index (κ3) is 4.51. The number of piperidine rings is 1. The van der Waals surface area contributed by atoms with Gasteiger partial charge in [-0.05, 0) is 61.3 Å². The highest BCUT2D eigenvalue weighted by atomic mass is 16.5. The van der Waals surface area contributed by atoms with Gasteiger partial charge < -0.3 is 20.1 Å². The molecule has 1 saturated carbocycles. The second-order valence-electron chi connectivity index (χ2n) is 10.4. The number of aliphatic carboxylic acids is 1. The second kappa shape index (κ2) is 9.36. The van der Waals surface area contributed by atoms with Crippen LogP contribution in [0.15, 0.2) is 48.5 Å². The SMILES string of the molecule is CC1(C(=O)O)CCN(C(=O)[C@@H]2CC[C@H](NC(=O)OCC3c4ccccc4-c4ccccc43)C2)CC1. The van der Waals surface area contributed by atoms with Gasteiger partial charge in [-0.2, -0.15) is 0 Å². The number of carboxylic acids is 1. The molecule has 3 aliphatic rings. The summed E-state index contributed by atoms with van der Waals surface area (Å²) in [5.41, 5.74) is 3.98. The lowest BCUT2D eigenvalue weighted by Crippen LogP contribution is -2.47. The standard InChI is InChI=1S/C28H32N2O5/c1-28(26(32)33)12-14-30(15-13-28)25(31)18-10-11-19(16-18)29-27(34)35-17-24-22-8-4-2-6-20(22)21-7-3-5-9-23(21)24/h2-9,18-19,24H,10-17H2,1H3,(H,29,34)(H,32,33)/t18-,19+/m1/s1. The number of likely N-dealkylation sites (tertiary alicyclic amines) is 1. The van der Waals surface area contributed by atoms with Gasteiger partial charge in [-0.1, -0.05) is 48.5 Å². The molecule has 1 saturated heterocycles. The number of hydrogen-bond acceptors (Lipinski definition) is 4. The molecular formula is C28H32N2O5. The lowest BCUT2D eigenvalue weighted by Gasteiger charge is -2.37. The van der Waals surface area contributed by atoms with Crippen molar-refractivity contribution in [1.82, 2.24) is 10.2 Å². The van der Waals surface area contributed by atoms with Crippen molar-refractivity contribution in [2.45, 2.75) is 51.0 Å². The average molecular weight is 477 g/mol. The molecule has 0 radical (unpaired) electrons. The third-order valence-electron chi connectivity index (χ3n) is 8.14. The van der Waals surface area contributed by atoms with Crippen molar-refractivity contribution in [3.05, 3.63) is 59.7 Å². The molecule has 0 unspecified atom stereocenters. The number of benzene rings is 2. The normalized spacial score (nSPS) is 22.8. The van der Waals surface area contributed by atoms with Crippen LogP contribution in [0.4, 0.5) is 4.79 Å². The summed E-state index contributed by atoms with van der Waals surface area (Å²) in [4.78, 5) is 38.8. The van der Waals surface area contributed by atoms with E-state index in [1.807, 2.05) is 24.3 Å². The van der Waals surface area contributed by atoms with E-state index in [2.05, 4.69) is 29.6 Å². The molecule has 7 heteroatoms. The van der Waals surface area contributed by atoms with Crippen LogP contribution in [0.3, 0.4) is 0 Å². The summed E-state index contributed by atoms with van der Waals surface area (Å²) in [5, 5.41) is 12.4. The lowest BCUT2D eigenvalue weighted by molar-refractivity contribution is -0.153. The number of carboxylic acid groups (broad SMARTS) is 1. The second-order valence-corrected chi connectivity index (χ2v) is 10.4. The van der Waals surface area contributed by atoms with E-state index >= 15 is 0 Å². The van der Waals surface area contributed by atoms with Gasteiger partial charge in [0.05, 0.1) is 5.41 Å². The van der Waals surface area contributed by atoms with Crippen molar-refractivity contribution in [2.24, 2.45) is 11.3 Å². The molecule has 5 rings (SSSR count). The molecule has 0 bridgehead atoms. The summed E-state index contributed by atoms with van der Waals surface area (Å²) in [5.74, 6) is -0.836. The smallest absolute Gasteiger partial charge is 0.407 e. The van der Waals surface area contributed by atoms with E-state index in [9.17, 15) is 19.5 Å².